The van der Waals surface area contributed by atoms with E-state index >= 15 is 0 Å². The Kier molecular flexibility index (Phi) is 6.13. The molecule has 0 radical (unpaired) electrons. The van der Waals surface area contributed by atoms with Gasteiger partial charge in [-0.15, -0.1) is 0 Å². The molecule has 0 fully saturated rings. The molecule has 7 aromatic rings. The van der Waals surface area contributed by atoms with Gasteiger partial charge in [-0.25, -0.2) is 4.99 Å². The van der Waals surface area contributed by atoms with Gasteiger partial charge in [0, 0.05) is 23.1 Å². The normalized spacial score (nSPS) is 17.2. The minimum Gasteiger partial charge on any atom is -0.359 e. The molecule has 2 nitrogen and oxygen atoms in total. The molecule has 0 bridgehead atoms. The molecule has 1 N–H and O–H groups in total. The fraction of sp³-hybridized carbons (Fsp3) is 0.0577. The summed E-state index contributed by atoms with van der Waals surface area (Å²) in [6, 6.07) is 58.4. The third-order valence-corrected chi connectivity index (χ3v) is 12.4. The largest absolute Gasteiger partial charge is 0.359 e. The standard InChI is InChI=1S/C52H34N2/c1-2-13-32(14-3-1)33-25-27-34(28-26-33)50-41-18-7-11-24-48(41)53-51(54-50)39-20-12-19-35-36-29-30-47-49(43(36)31-42(35)39)40-17-6-10-23-46(40)52(47)44-21-8-4-15-37(44)38-16-5-9-22-45(38)52/h1-30,48H,31H2,(H,53,54). The predicted molar refractivity (Wildman–Crippen MR) is 222 cm³/mol. The fourth-order valence-corrected chi connectivity index (χ4v) is 10.2. The van der Waals surface area contributed by atoms with Crippen LogP contribution in [0.25, 0.3) is 50.2 Å². The molecule has 0 saturated carbocycles. The van der Waals surface area contributed by atoms with Crippen molar-refractivity contribution in [2.45, 2.75) is 17.9 Å². The zero-order valence-corrected chi connectivity index (χ0v) is 29.6. The summed E-state index contributed by atoms with van der Waals surface area (Å²) in [6.45, 7) is 0. The van der Waals surface area contributed by atoms with E-state index in [2.05, 4.69) is 187 Å². The van der Waals surface area contributed by atoms with E-state index in [1.165, 1.54) is 89.0 Å². The van der Waals surface area contributed by atoms with Gasteiger partial charge >= 0.3 is 0 Å². The summed E-state index contributed by atoms with van der Waals surface area (Å²) in [6.07, 6.45) is 9.58. The van der Waals surface area contributed by atoms with E-state index in [1.807, 2.05) is 0 Å². The van der Waals surface area contributed by atoms with Crippen LogP contribution in [-0.4, -0.2) is 11.9 Å². The molecule has 0 amide bonds. The van der Waals surface area contributed by atoms with Crippen LogP contribution < -0.4 is 5.32 Å². The van der Waals surface area contributed by atoms with Crippen LogP contribution in [0, 0.1) is 0 Å². The summed E-state index contributed by atoms with van der Waals surface area (Å²) in [5.74, 6) is 0.933. The predicted octanol–water partition coefficient (Wildman–Crippen LogP) is 11.5. The van der Waals surface area contributed by atoms with Crippen molar-refractivity contribution in [2.24, 2.45) is 4.99 Å². The maximum Gasteiger partial charge on any atom is 0.135 e. The lowest BCUT2D eigenvalue weighted by Gasteiger charge is -2.30. The van der Waals surface area contributed by atoms with Crippen LogP contribution in [0.1, 0.15) is 44.5 Å². The van der Waals surface area contributed by atoms with Crippen molar-refractivity contribution in [1.82, 2.24) is 5.32 Å². The number of aliphatic imine (C=N–C) groups is 1. The summed E-state index contributed by atoms with van der Waals surface area (Å²) in [5, 5.41) is 3.85. The average molecular weight is 687 g/mol. The molecule has 12 rings (SSSR count). The average Bonchev–Trinajstić information content (AvgIpc) is 3.88. The van der Waals surface area contributed by atoms with Gasteiger partial charge in [-0.2, -0.15) is 0 Å². The van der Waals surface area contributed by atoms with Gasteiger partial charge in [0.25, 0.3) is 0 Å². The van der Waals surface area contributed by atoms with Crippen LogP contribution in [0.5, 0.6) is 0 Å². The van der Waals surface area contributed by atoms with Crippen molar-refractivity contribution in [3.63, 3.8) is 0 Å². The molecular weight excluding hydrogens is 653 g/mol. The van der Waals surface area contributed by atoms with E-state index in [0.717, 1.165) is 23.5 Å². The lowest BCUT2D eigenvalue weighted by molar-refractivity contribution is 0.793. The molecule has 5 aliphatic rings. The van der Waals surface area contributed by atoms with Crippen molar-refractivity contribution in [1.29, 1.82) is 0 Å². The fourth-order valence-electron chi connectivity index (χ4n) is 10.2. The van der Waals surface area contributed by atoms with Crippen molar-refractivity contribution in [3.05, 3.63) is 232 Å². The summed E-state index contributed by atoms with van der Waals surface area (Å²) < 4.78 is 0. The smallest absolute Gasteiger partial charge is 0.135 e. The summed E-state index contributed by atoms with van der Waals surface area (Å²) in [7, 11) is 0. The summed E-state index contributed by atoms with van der Waals surface area (Å²) in [4.78, 5) is 5.47. The van der Waals surface area contributed by atoms with Gasteiger partial charge in [0.1, 0.15) is 5.84 Å². The van der Waals surface area contributed by atoms with Gasteiger partial charge in [-0.05, 0) is 77.9 Å². The van der Waals surface area contributed by atoms with Crippen molar-refractivity contribution in [2.75, 3.05) is 0 Å². The summed E-state index contributed by atoms with van der Waals surface area (Å²) >= 11 is 0. The highest BCUT2D eigenvalue weighted by Crippen LogP contribution is 2.64. The van der Waals surface area contributed by atoms with E-state index in [9.17, 15) is 0 Å². The Hall–Kier alpha value is -6.77. The third kappa shape index (κ3) is 3.92. The second-order valence-electron chi connectivity index (χ2n) is 15.0. The quantitative estimate of drug-likeness (QED) is 0.197. The molecule has 1 spiro atoms. The molecule has 1 unspecified atom stereocenters. The maximum absolute atomic E-state index is 5.47. The second kappa shape index (κ2) is 11.1. The van der Waals surface area contributed by atoms with E-state index in [1.54, 1.807) is 0 Å². The molecule has 2 heteroatoms. The molecule has 252 valence electrons. The molecule has 54 heavy (non-hydrogen) atoms. The van der Waals surface area contributed by atoms with Gasteiger partial charge < -0.3 is 5.32 Å². The Morgan fingerprint density at radius 1 is 0.463 bits per heavy atom. The van der Waals surface area contributed by atoms with Crippen molar-refractivity contribution < 1.29 is 0 Å². The van der Waals surface area contributed by atoms with Gasteiger partial charge in [0.15, 0.2) is 0 Å². The molecule has 1 atom stereocenters. The molecule has 1 aliphatic heterocycles. The first-order chi connectivity index (χ1) is 26.8. The van der Waals surface area contributed by atoms with Crippen molar-refractivity contribution in [3.8, 4) is 44.5 Å². The van der Waals surface area contributed by atoms with Crippen LogP contribution in [0.2, 0.25) is 0 Å². The Bertz CT molecular complexity index is 2820. The Balaban J connectivity index is 1.01. The molecule has 1 heterocycles. The zero-order chi connectivity index (χ0) is 35.4. The van der Waals surface area contributed by atoms with Crippen LogP contribution >= 0.6 is 0 Å². The molecule has 0 aromatic heterocycles. The highest BCUT2D eigenvalue weighted by atomic mass is 15.1. The van der Waals surface area contributed by atoms with Crippen LogP contribution in [-0.2, 0) is 11.8 Å². The molecule has 4 aliphatic carbocycles. The number of nitrogens with one attached hydrogen (secondary N) is 1. The molecular formula is C52H34N2. The van der Waals surface area contributed by atoms with E-state index in [-0.39, 0.29) is 11.5 Å². The first-order valence-corrected chi connectivity index (χ1v) is 19.0. The molecule has 7 aromatic carbocycles. The van der Waals surface area contributed by atoms with Crippen molar-refractivity contribution >= 4 is 11.5 Å². The monoisotopic (exact) mass is 686 g/mol. The number of nitrogens with zero attached hydrogens (tertiary/aromatic N) is 1. The minimum absolute atomic E-state index is 0.0458. The van der Waals surface area contributed by atoms with E-state index in [0.29, 0.717) is 0 Å². The number of benzene rings is 7. The highest BCUT2D eigenvalue weighted by molar-refractivity contribution is 6.08. The number of allylic oxidation sites excluding steroid dienone is 2. The minimum atomic E-state index is -0.340. The van der Waals surface area contributed by atoms with Crippen LogP contribution in [0.15, 0.2) is 193 Å². The lowest BCUT2D eigenvalue weighted by Crippen LogP contribution is -2.39. The molecule has 0 saturated heterocycles. The number of rotatable bonds is 3. The first-order valence-electron chi connectivity index (χ1n) is 19.0. The van der Waals surface area contributed by atoms with Crippen LogP contribution in [0.4, 0.5) is 0 Å². The highest BCUT2D eigenvalue weighted by Gasteiger charge is 2.52. The van der Waals surface area contributed by atoms with Gasteiger partial charge in [0.2, 0.25) is 0 Å². The SMILES string of the molecule is C1=CC2=C(c3ccc(-c4ccccc4)cc3)N=C(c3cccc4c3Cc3c-4ccc4c3-c3ccccc3C43c4ccccc4-c4ccccc43)NC2C=C1. The van der Waals surface area contributed by atoms with Gasteiger partial charge in [0.05, 0.1) is 17.2 Å². The topological polar surface area (TPSA) is 24.4 Å². The first kappa shape index (κ1) is 29.8. The third-order valence-electron chi connectivity index (χ3n) is 12.4. The second-order valence-corrected chi connectivity index (χ2v) is 15.0. The Labute approximate surface area is 315 Å². The van der Waals surface area contributed by atoms with Gasteiger partial charge in [-0.1, -0.05) is 182 Å². The van der Waals surface area contributed by atoms with Gasteiger partial charge in [-0.3, -0.25) is 0 Å². The van der Waals surface area contributed by atoms with E-state index in [4.69, 9.17) is 4.99 Å². The van der Waals surface area contributed by atoms with E-state index < -0.39 is 0 Å². The van der Waals surface area contributed by atoms with Crippen LogP contribution in [0.3, 0.4) is 0 Å². The number of hydrogen-bond donors (Lipinski definition) is 1. The number of amidine groups is 1. The number of fused-ring (bicyclic) bond motifs is 15. The zero-order valence-electron chi connectivity index (χ0n) is 29.6. The Morgan fingerprint density at radius 3 is 1.81 bits per heavy atom. The number of hydrogen-bond acceptors (Lipinski definition) is 2. The summed E-state index contributed by atoms with van der Waals surface area (Å²) in [5.41, 5.74) is 23.0. The Morgan fingerprint density at radius 2 is 1.06 bits per heavy atom. The lowest BCUT2D eigenvalue weighted by atomic mass is 9.70. The maximum atomic E-state index is 5.47.